The molecule has 2 aromatic carbocycles. The molecule has 0 N–H and O–H groups in total. The summed E-state index contributed by atoms with van der Waals surface area (Å²) in [6, 6.07) is 20.3. The van der Waals surface area contributed by atoms with Gasteiger partial charge in [-0.15, -0.1) is 0 Å². The van der Waals surface area contributed by atoms with Gasteiger partial charge in [-0.25, -0.2) is 4.57 Å². The van der Waals surface area contributed by atoms with Crippen molar-refractivity contribution in [1.82, 2.24) is 0 Å². The molecule has 0 spiro atoms. The second kappa shape index (κ2) is 7.68. The minimum Gasteiger partial charge on any atom is -0.201 e. The van der Waals surface area contributed by atoms with Gasteiger partial charge < -0.3 is 0 Å². The Balaban J connectivity index is 1.79. The molecule has 4 rings (SSSR count). The first kappa shape index (κ1) is 18.0. The molecule has 1 heteroatoms. The first-order valence-electron chi connectivity index (χ1n) is 10.3. The van der Waals surface area contributed by atoms with Gasteiger partial charge in [-0.05, 0) is 66.5 Å². The number of benzene rings is 2. The van der Waals surface area contributed by atoms with E-state index in [2.05, 4.69) is 86.3 Å². The minimum atomic E-state index is 0.735. The Morgan fingerprint density at radius 2 is 1.52 bits per heavy atom. The van der Waals surface area contributed by atoms with Gasteiger partial charge in [0.25, 0.3) is 0 Å². The summed E-state index contributed by atoms with van der Waals surface area (Å²) in [6.07, 6.45) is 9.09. The lowest BCUT2D eigenvalue weighted by Gasteiger charge is -2.22. The molecular weight excluding hydrogens is 326 g/mol. The van der Waals surface area contributed by atoms with E-state index >= 15 is 0 Å². The summed E-state index contributed by atoms with van der Waals surface area (Å²) in [5, 5.41) is 0. The third-order valence-corrected chi connectivity index (χ3v) is 6.22. The Morgan fingerprint density at radius 1 is 0.778 bits per heavy atom. The molecule has 0 radical (unpaired) electrons. The molecular formula is C26H30N+. The summed E-state index contributed by atoms with van der Waals surface area (Å²) in [7, 11) is 2.17. The van der Waals surface area contributed by atoms with E-state index in [0.29, 0.717) is 0 Å². The number of pyridine rings is 1. The normalized spacial score (nSPS) is 15.1. The standard InChI is InChI=1S/C26H30N/c1-19-9-7-8-12-24(19)23-14-13-20(2)25(17-23)26-18-22(15-16-27(26)3)21-10-5-4-6-11-21/h7-9,12-18,21H,4-6,10-11H2,1-3H3/q+1. The van der Waals surface area contributed by atoms with Crippen LogP contribution >= 0.6 is 0 Å². The van der Waals surface area contributed by atoms with Crippen molar-refractivity contribution in [3.8, 4) is 22.4 Å². The molecule has 1 saturated carbocycles. The average molecular weight is 357 g/mol. The van der Waals surface area contributed by atoms with Crippen LogP contribution in [0.3, 0.4) is 0 Å². The molecule has 3 aromatic rings. The molecule has 1 aromatic heterocycles. The molecule has 0 saturated heterocycles. The molecule has 0 amide bonds. The highest BCUT2D eigenvalue weighted by atomic mass is 14.9. The summed E-state index contributed by atoms with van der Waals surface area (Å²) in [5.41, 5.74) is 9.48. The lowest BCUT2D eigenvalue weighted by atomic mass is 9.84. The van der Waals surface area contributed by atoms with Crippen LogP contribution in [0.2, 0.25) is 0 Å². The summed E-state index contributed by atoms with van der Waals surface area (Å²) in [5.74, 6) is 0.735. The number of aromatic nitrogens is 1. The molecule has 138 valence electrons. The molecule has 1 fully saturated rings. The van der Waals surface area contributed by atoms with Gasteiger partial charge in [-0.2, -0.15) is 0 Å². The topological polar surface area (TPSA) is 3.88 Å². The molecule has 1 heterocycles. The van der Waals surface area contributed by atoms with Gasteiger partial charge in [0.1, 0.15) is 7.05 Å². The highest BCUT2D eigenvalue weighted by molar-refractivity contribution is 5.74. The van der Waals surface area contributed by atoms with Crippen LogP contribution in [0.1, 0.15) is 54.7 Å². The molecule has 1 aliphatic rings. The molecule has 1 aliphatic carbocycles. The second-order valence-electron chi connectivity index (χ2n) is 8.14. The van der Waals surface area contributed by atoms with Gasteiger partial charge in [0, 0.05) is 17.7 Å². The number of aryl methyl sites for hydroxylation is 3. The Labute approximate surface area is 163 Å². The highest BCUT2D eigenvalue weighted by Crippen LogP contribution is 2.35. The molecule has 0 aliphatic heterocycles. The quantitative estimate of drug-likeness (QED) is 0.471. The maximum atomic E-state index is 2.44. The third-order valence-electron chi connectivity index (χ3n) is 6.22. The van der Waals surface area contributed by atoms with E-state index in [9.17, 15) is 0 Å². The lowest BCUT2D eigenvalue weighted by molar-refractivity contribution is -0.660. The number of hydrogen-bond donors (Lipinski definition) is 0. The zero-order valence-electron chi connectivity index (χ0n) is 16.8. The third kappa shape index (κ3) is 3.69. The Bertz CT molecular complexity index is 948. The largest absolute Gasteiger partial charge is 0.212 e. The van der Waals surface area contributed by atoms with Crippen molar-refractivity contribution < 1.29 is 4.57 Å². The fourth-order valence-corrected chi connectivity index (χ4v) is 4.51. The average Bonchev–Trinajstić information content (AvgIpc) is 2.70. The van der Waals surface area contributed by atoms with Crippen molar-refractivity contribution in [3.63, 3.8) is 0 Å². The Kier molecular flexibility index (Phi) is 5.11. The Morgan fingerprint density at radius 3 is 2.30 bits per heavy atom. The van der Waals surface area contributed by atoms with Crippen molar-refractivity contribution in [2.24, 2.45) is 7.05 Å². The molecule has 27 heavy (non-hydrogen) atoms. The predicted molar refractivity (Wildman–Crippen MR) is 114 cm³/mol. The fraction of sp³-hybridized carbons (Fsp3) is 0.346. The van der Waals surface area contributed by atoms with Crippen LogP contribution in [0.4, 0.5) is 0 Å². The van der Waals surface area contributed by atoms with Gasteiger partial charge in [0.05, 0.1) is 0 Å². The number of hydrogen-bond acceptors (Lipinski definition) is 0. The van der Waals surface area contributed by atoms with Gasteiger partial charge >= 0.3 is 0 Å². The van der Waals surface area contributed by atoms with E-state index in [1.807, 2.05) is 0 Å². The summed E-state index contributed by atoms with van der Waals surface area (Å²) < 4.78 is 2.27. The summed E-state index contributed by atoms with van der Waals surface area (Å²) >= 11 is 0. The first-order chi connectivity index (χ1) is 13.1. The number of rotatable bonds is 3. The van der Waals surface area contributed by atoms with E-state index in [1.54, 1.807) is 0 Å². The number of nitrogens with zero attached hydrogens (tertiary/aromatic N) is 1. The van der Waals surface area contributed by atoms with Crippen LogP contribution in [0.5, 0.6) is 0 Å². The summed E-state index contributed by atoms with van der Waals surface area (Å²) in [6.45, 7) is 4.42. The highest BCUT2D eigenvalue weighted by Gasteiger charge is 2.20. The summed E-state index contributed by atoms with van der Waals surface area (Å²) in [4.78, 5) is 0. The maximum absolute atomic E-state index is 2.44. The zero-order chi connectivity index (χ0) is 18.8. The fourth-order valence-electron chi connectivity index (χ4n) is 4.51. The molecule has 0 atom stereocenters. The van der Waals surface area contributed by atoms with Gasteiger partial charge in [-0.3, -0.25) is 0 Å². The van der Waals surface area contributed by atoms with Gasteiger partial charge in [0.15, 0.2) is 6.20 Å². The molecule has 0 unspecified atom stereocenters. The molecule has 1 nitrogen and oxygen atoms in total. The van der Waals surface area contributed by atoms with Crippen molar-refractivity contribution in [3.05, 3.63) is 77.5 Å². The maximum Gasteiger partial charge on any atom is 0.212 e. The van der Waals surface area contributed by atoms with Crippen LogP contribution in [0, 0.1) is 13.8 Å². The Hall–Kier alpha value is -2.41. The van der Waals surface area contributed by atoms with Crippen LogP contribution < -0.4 is 4.57 Å². The van der Waals surface area contributed by atoms with E-state index < -0.39 is 0 Å². The van der Waals surface area contributed by atoms with Crippen molar-refractivity contribution in [2.45, 2.75) is 51.9 Å². The van der Waals surface area contributed by atoms with E-state index in [0.717, 1.165) is 5.92 Å². The molecule has 0 bridgehead atoms. The van der Waals surface area contributed by atoms with E-state index in [-0.39, 0.29) is 0 Å². The van der Waals surface area contributed by atoms with Crippen molar-refractivity contribution >= 4 is 0 Å². The zero-order valence-corrected chi connectivity index (χ0v) is 16.8. The smallest absolute Gasteiger partial charge is 0.201 e. The monoisotopic (exact) mass is 356 g/mol. The van der Waals surface area contributed by atoms with Crippen LogP contribution in [0.15, 0.2) is 60.8 Å². The minimum absolute atomic E-state index is 0.735. The predicted octanol–water partition coefficient (Wildman–Crippen LogP) is 6.51. The van der Waals surface area contributed by atoms with E-state index in [4.69, 9.17) is 0 Å². The van der Waals surface area contributed by atoms with Crippen molar-refractivity contribution in [2.75, 3.05) is 0 Å². The van der Waals surface area contributed by atoms with Gasteiger partial charge in [0.2, 0.25) is 5.69 Å². The SMILES string of the molecule is Cc1ccccc1-c1ccc(C)c(-c2cc(C3CCCCC3)cc[n+]2C)c1. The lowest BCUT2D eigenvalue weighted by Crippen LogP contribution is -2.31. The van der Waals surface area contributed by atoms with Crippen LogP contribution in [-0.4, -0.2) is 0 Å². The van der Waals surface area contributed by atoms with Crippen LogP contribution in [0.25, 0.3) is 22.4 Å². The van der Waals surface area contributed by atoms with Gasteiger partial charge in [-0.1, -0.05) is 55.7 Å². The first-order valence-corrected chi connectivity index (χ1v) is 10.3. The van der Waals surface area contributed by atoms with E-state index in [1.165, 1.54) is 71.2 Å². The van der Waals surface area contributed by atoms with Crippen molar-refractivity contribution in [1.29, 1.82) is 0 Å². The second-order valence-corrected chi connectivity index (χ2v) is 8.14. The van der Waals surface area contributed by atoms with Crippen LogP contribution in [-0.2, 0) is 7.05 Å².